The Kier molecular flexibility index (Phi) is 8.15. The highest BCUT2D eigenvalue weighted by Gasteiger charge is 2.23. The van der Waals surface area contributed by atoms with E-state index < -0.39 is 0 Å². The Morgan fingerprint density at radius 2 is 1.84 bits per heavy atom. The third kappa shape index (κ3) is 5.79. The van der Waals surface area contributed by atoms with E-state index in [0.29, 0.717) is 31.5 Å². The molecule has 0 unspecified atom stereocenters. The minimum Gasteiger partial charge on any atom is -0.497 e. The van der Waals surface area contributed by atoms with Gasteiger partial charge in [0, 0.05) is 43.2 Å². The molecule has 0 spiro atoms. The summed E-state index contributed by atoms with van der Waals surface area (Å²) in [5.74, 6) is 2.36. The number of carbonyl (C=O) groups excluding carboxylic acids is 1. The number of nitrogens with zero attached hydrogens (tertiary/aromatic N) is 3. The van der Waals surface area contributed by atoms with Crippen LogP contribution in [-0.2, 0) is 17.9 Å². The third-order valence-electron chi connectivity index (χ3n) is 7.56. The van der Waals surface area contributed by atoms with Gasteiger partial charge < -0.3 is 28.5 Å². The molecule has 0 N–H and O–H groups in total. The molecular formula is C29H34BN3O5. The minimum absolute atomic E-state index is 0.0784. The molecule has 3 aromatic rings. The van der Waals surface area contributed by atoms with Gasteiger partial charge in [-0.05, 0) is 67.4 Å². The summed E-state index contributed by atoms with van der Waals surface area (Å²) in [6.45, 7) is 5.45. The Morgan fingerprint density at radius 1 is 1.05 bits per heavy atom. The Labute approximate surface area is 223 Å². The lowest BCUT2D eigenvalue weighted by atomic mass is 9.99. The molecule has 2 aromatic carbocycles. The second-order valence-electron chi connectivity index (χ2n) is 9.93. The lowest BCUT2D eigenvalue weighted by Crippen LogP contribution is -2.44. The number of hydrogen-bond donors (Lipinski definition) is 0. The molecule has 1 aromatic heterocycles. The quantitative estimate of drug-likeness (QED) is 0.246. The lowest BCUT2D eigenvalue weighted by Gasteiger charge is -2.37. The number of benzene rings is 2. The van der Waals surface area contributed by atoms with E-state index in [1.165, 1.54) is 11.6 Å². The van der Waals surface area contributed by atoms with Crippen LogP contribution in [0.2, 0.25) is 0 Å². The van der Waals surface area contributed by atoms with Gasteiger partial charge in [-0.1, -0.05) is 12.1 Å². The van der Waals surface area contributed by atoms with Gasteiger partial charge in [0.15, 0.2) is 19.5 Å². The lowest BCUT2D eigenvalue weighted by molar-refractivity contribution is -0.104. The van der Waals surface area contributed by atoms with Crippen LogP contribution in [0, 0.1) is 0 Å². The van der Waals surface area contributed by atoms with Crippen LogP contribution in [0.5, 0.6) is 17.2 Å². The molecule has 0 radical (unpaired) electrons. The summed E-state index contributed by atoms with van der Waals surface area (Å²) in [5, 5.41) is 0.919. The number of methoxy groups -OCH3 is 1. The SMILES string of the molecule is BN(Cc1ccc2c(c1)OCCO2)C1CCN(CCn2c(=O)cc(/C=C/C=O)c3ccc(OC)cc32)CC1. The first kappa shape index (κ1) is 26.1. The first-order chi connectivity index (χ1) is 18.6. The maximum absolute atomic E-state index is 13.1. The van der Waals surface area contributed by atoms with Gasteiger partial charge in [0.2, 0.25) is 0 Å². The van der Waals surface area contributed by atoms with Crippen molar-refractivity contribution in [3.8, 4) is 17.2 Å². The monoisotopic (exact) mass is 515 g/mol. The zero-order valence-corrected chi connectivity index (χ0v) is 22.1. The number of aromatic nitrogens is 1. The fourth-order valence-electron chi connectivity index (χ4n) is 5.45. The maximum atomic E-state index is 13.1. The van der Waals surface area contributed by atoms with Crippen LogP contribution in [0.25, 0.3) is 17.0 Å². The van der Waals surface area contributed by atoms with Crippen molar-refractivity contribution in [1.29, 1.82) is 0 Å². The van der Waals surface area contributed by atoms with E-state index in [-0.39, 0.29) is 5.56 Å². The number of ether oxygens (including phenoxy) is 3. The largest absolute Gasteiger partial charge is 0.497 e. The number of hydrogen-bond acceptors (Lipinski definition) is 7. The van der Waals surface area contributed by atoms with E-state index in [4.69, 9.17) is 14.2 Å². The van der Waals surface area contributed by atoms with Crippen molar-refractivity contribution in [3.63, 3.8) is 0 Å². The van der Waals surface area contributed by atoms with E-state index in [0.717, 1.165) is 73.3 Å². The number of piperidine rings is 1. The highest BCUT2D eigenvalue weighted by atomic mass is 16.6. The van der Waals surface area contributed by atoms with Crippen LogP contribution in [-0.4, -0.2) is 74.5 Å². The van der Waals surface area contributed by atoms with Crippen molar-refractivity contribution in [2.75, 3.05) is 40.0 Å². The predicted octanol–water partition coefficient (Wildman–Crippen LogP) is 2.51. The van der Waals surface area contributed by atoms with Gasteiger partial charge in [0.25, 0.3) is 5.56 Å². The first-order valence-corrected chi connectivity index (χ1v) is 13.2. The van der Waals surface area contributed by atoms with Crippen LogP contribution < -0.4 is 19.8 Å². The van der Waals surface area contributed by atoms with Crippen molar-refractivity contribution in [2.45, 2.75) is 32.0 Å². The fraction of sp³-hybridized carbons (Fsp3) is 0.379. The van der Waals surface area contributed by atoms with Crippen molar-refractivity contribution in [2.24, 2.45) is 0 Å². The molecule has 1 fully saturated rings. The number of aldehydes is 1. The minimum atomic E-state index is -0.0784. The molecule has 5 rings (SSSR count). The van der Waals surface area contributed by atoms with Gasteiger partial charge >= 0.3 is 0 Å². The summed E-state index contributed by atoms with van der Waals surface area (Å²) < 4.78 is 18.6. The van der Waals surface area contributed by atoms with Crippen LogP contribution in [0.15, 0.2) is 53.3 Å². The van der Waals surface area contributed by atoms with Crippen LogP contribution in [0.3, 0.4) is 0 Å². The summed E-state index contributed by atoms with van der Waals surface area (Å²) in [7, 11) is 3.81. The number of carbonyl (C=O) groups is 1. The highest BCUT2D eigenvalue weighted by Crippen LogP contribution is 2.31. The van der Waals surface area contributed by atoms with E-state index >= 15 is 0 Å². The van der Waals surface area contributed by atoms with Crippen molar-refractivity contribution in [1.82, 2.24) is 14.3 Å². The summed E-state index contributed by atoms with van der Waals surface area (Å²) in [6, 6.07) is 14.1. The molecule has 198 valence electrons. The summed E-state index contributed by atoms with van der Waals surface area (Å²) in [6.07, 6.45) is 5.98. The fourth-order valence-corrected chi connectivity index (χ4v) is 5.45. The second-order valence-corrected chi connectivity index (χ2v) is 9.93. The zero-order valence-electron chi connectivity index (χ0n) is 22.1. The average Bonchev–Trinajstić information content (AvgIpc) is 2.95. The summed E-state index contributed by atoms with van der Waals surface area (Å²) in [5.41, 5.74) is 2.70. The van der Waals surface area contributed by atoms with Crippen molar-refractivity contribution >= 4 is 31.2 Å². The predicted molar refractivity (Wildman–Crippen MR) is 151 cm³/mol. The topological polar surface area (TPSA) is 73.2 Å². The number of rotatable bonds is 9. The zero-order chi connectivity index (χ0) is 26.5. The number of pyridine rings is 1. The summed E-state index contributed by atoms with van der Waals surface area (Å²) in [4.78, 5) is 28.8. The number of allylic oxidation sites excluding steroid dienone is 1. The highest BCUT2D eigenvalue weighted by molar-refractivity contribution is 6.04. The van der Waals surface area contributed by atoms with Crippen LogP contribution in [0.4, 0.5) is 0 Å². The molecule has 9 heteroatoms. The average molecular weight is 515 g/mol. The molecule has 2 aliphatic rings. The van der Waals surface area contributed by atoms with Gasteiger partial charge in [0.05, 0.1) is 12.6 Å². The number of fused-ring (bicyclic) bond motifs is 2. The molecule has 3 heterocycles. The molecule has 0 amide bonds. The normalized spacial score (nSPS) is 16.4. The Morgan fingerprint density at radius 3 is 2.61 bits per heavy atom. The molecule has 0 atom stereocenters. The third-order valence-corrected chi connectivity index (χ3v) is 7.56. The van der Waals surface area contributed by atoms with E-state index in [1.807, 2.05) is 28.8 Å². The molecule has 8 nitrogen and oxygen atoms in total. The standard InChI is InChI=1S/C29H34BN3O5/c1-36-24-5-6-25-22(3-2-14-34)18-29(35)32(26(25)19-24)13-12-31-10-8-23(9-11-31)33(30)20-21-4-7-27-28(17-21)38-16-15-37-27/h2-7,14,17-19,23H,8-13,15-16,20,30H2,1H3/b3-2+. The molecule has 0 aliphatic carbocycles. The smallest absolute Gasteiger partial charge is 0.251 e. The Balaban J connectivity index is 1.21. The second kappa shape index (κ2) is 11.9. The molecule has 0 saturated carbocycles. The molecule has 2 aliphatic heterocycles. The van der Waals surface area contributed by atoms with Crippen LogP contribution in [0.1, 0.15) is 24.0 Å². The van der Waals surface area contributed by atoms with Gasteiger partial charge in [0.1, 0.15) is 25.2 Å². The molecule has 1 saturated heterocycles. The van der Waals surface area contributed by atoms with Crippen molar-refractivity contribution < 1.29 is 19.0 Å². The molecule has 0 bridgehead atoms. The number of likely N-dealkylation sites (tertiary alicyclic amines) is 1. The Hall–Kier alpha value is -3.56. The summed E-state index contributed by atoms with van der Waals surface area (Å²) >= 11 is 0. The molecule has 38 heavy (non-hydrogen) atoms. The molecular weight excluding hydrogens is 481 g/mol. The van der Waals surface area contributed by atoms with E-state index in [9.17, 15) is 9.59 Å². The van der Waals surface area contributed by atoms with E-state index in [2.05, 4.69) is 29.8 Å². The van der Waals surface area contributed by atoms with Gasteiger partial charge in [-0.2, -0.15) is 0 Å². The first-order valence-electron chi connectivity index (χ1n) is 13.2. The van der Waals surface area contributed by atoms with Crippen molar-refractivity contribution in [3.05, 3.63) is 70.0 Å². The van der Waals surface area contributed by atoms with Gasteiger partial charge in [-0.15, -0.1) is 0 Å². The maximum Gasteiger partial charge on any atom is 0.251 e. The van der Waals surface area contributed by atoms with Crippen LogP contribution >= 0.6 is 0 Å². The van der Waals surface area contributed by atoms with E-state index in [1.54, 1.807) is 19.3 Å². The Bertz CT molecular complexity index is 1380. The van der Waals surface area contributed by atoms with Gasteiger partial charge in [-0.3, -0.25) is 9.59 Å². The van der Waals surface area contributed by atoms with Gasteiger partial charge in [-0.25, -0.2) is 0 Å².